The van der Waals surface area contributed by atoms with E-state index in [9.17, 15) is 0 Å². The number of hydrogen-bond donors (Lipinski definition) is 0. The second kappa shape index (κ2) is 7.64. The van der Waals surface area contributed by atoms with Gasteiger partial charge in [-0.1, -0.05) is 107 Å². The lowest BCUT2D eigenvalue weighted by Gasteiger charge is -2.43. The van der Waals surface area contributed by atoms with Gasteiger partial charge in [0, 0.05) is 10.2 Å². The van der Waals surface area contributed by atoms with Crippen molar-refractivity contribution in [3.8, 4) is 0 Å². The van der Waals surface area contributed by atoms with Crippen LogP contribution in [0.3, 0.4) is 0 Å². The van der Waals surface area contributed by atoms with E-state index in [0.717, 1.165) is 15.3 Å². The summed E-state index contributed by atoms with van der Waals surface area (Å²) in [5.41, 5.74) is 2.66. The van der Waals surface area contributed by atoms with Crippen LogP contribution in [-0.2, 0) is 0 Å². The van der Waals surface area contributed by atoms with Crippen molar-refractivity contribution in [3.05, 3.63) is 52.7 Å². The summed E-state index contributed by atoms with van der Waals surface area (Å²) in [6.45, 7) is 13.8. The summed E-state index contributed by atoms with van der Waals surface area (Å²) < 4.78 is 0.931. The molecule has 0 saturated carbocycles. The number of fused-ring (bicyclic) bond motifs is 1. The smallest absolute Gasteiger partial charge is 0.0926 e. The molecule has 0 unspecified atom stereocenters. The molecule has 2 aromatic carbocycles. The molecule has 2 rings (SSSR count). The van der Waals surface area contributed by atoms with Crippen LogP contribution in [0.2, 0.25) is 16.6 Å². The molecule has 0 fully saturated rings. The Kier molecular flexibility index (Phi) is 6.22. The second-order valence-electron chi connectivity index (χ2n) is 7.55. The molecule has 0 aliphatic rings. The lowest BCUT2D eigenvalue weighted by atomic mass is 10.0. The van der Waals surface area contributed by atoms with E-state index < -0.39 is 8.07 Å². The van der Waals surface area contributed by atoms with Crippen LogP contribution in [0.1, 0.15) is 47.1 Å². The van der Waals surface area contributed by atoms with Gasteiger partial charge in [-0.2, -0.15) is 0 Å². The van der Waals surface area contributed by atoms with Crippen LogP contribution in [0.5, 0.6) is 0 Å². The van der Waals surface area contributed by atoms with Crippen LogP contribution >= 0.6 is 23.2 Å². The standard InChI is InChI=1S/C21H28Cl2Si/c1-14(2)24(15(3)4,16(5)6)21(23)20(22)19-13-9-11-17-10-7-8-12-18(17)19/h7-16H,1-6H3/b21-20+. The summed E-state index contributed by atoms with van der Waals surface area (Å²) in [5, 5.41) is 3.11. The van der Waals surface area contributed by atoms with Gasteiger partial charge < -0.3 is 0 Å². The molecule has 0 aliphatic heterocycles. The largest absolute Gasteiger partial charge is 0.111 e. The highest BCUT2D eigenvalue weighted by molar-refractivity contribution is 6.99. The predicted molar refractivity (Wildman–Crippen MR) is 114 cm³/mol. The van der Waals surface area contributed by atoms with E-state index in [-0.39, 0.29) is 0 Å². The van der Waals surface area contributed by atoms with Crippen LogP contribution in [0.25, 0.3) is 15.8 Å². The Bertz CT molecular complexity index is 717. The molecule has 0 aliphatic carbocycles. The number of hydrogen-bond acceptors (Lipinski definition) is 0. The highest BCUT2D eigenvalue weighted by Crippen LogP contribution is 2.51. The van der Waals surface area contributed by atoms with Gasteiger partial charge in [-0.25, -0.2) is 0 Å². The first-order valence-electron chi connectivity index (χ1n) is 8.78. The van der Waals surface area contributed by atoms with Crippen LogP contribution in [0, 0.1) is 0 Å². The Morgan fingerprint density at radius 3 is 1.79 bits per heavy atom. The molecule has 130 valence electrons. The quantitative estimate of drug-likeness (QED) is 0.459. The Morgan fingerprint density at radius 1 is 0.750 bits per heavy atom. The maximum atomic E-state index is 7.08. The fourth-order valence-electron chi connectivity index (χ4n) is 4.49. The minimum absolute atomic E-state index is 0.536. The predicted octanol–water partition coefficient (Wildman–Crippen LogP) is 8.20. The molecular formula is C21H28Cl2Si. The number of halogens is 2. The molecule has 0 heterocycles. The molecule has 0 bridgehead atoms. The molecule has 0 N–H and O–H groups in total. The van der Waals surface area contributed by atoms with Gasteiger partial charge >= 0.3 is 0 Å². The molecule has 3 heteroatoms. The fourth-order valence-corrected chi connectivity index (χ4v) is 13.2. The highest BCUT2D eigenvalue weighted by Gasteiger charge is 2.47. The summed E-state index contributed by atoms with van der Waals surface area (Å²) >= 11 is 14.0. The highest BCUT2D eigenvalue weighted by atomic mass is 35.5. The van der Waals surface area contributed by atoms with Crippen molar-refractivity contribution in [2.45, 2.75) is 58.2 Å². The van der Waals surface area contributed by atoms with Crippen LogP contribution in [0.15, 0.2) is 47.1 Å². The van der Waals surface area contributed by atoms with E-state index in [0.29, 0.717) is 16.6 Å². The van der Waals surface area contributed by atoms with Crippen LogP contribution in [-0.4, -0.2) is 8.07 Å². The molecule has 0 radical (unpaired) electrons. The number of benzene rings is 2. The van der Waals surface area contributed by atoms with Crippen molar-refractivity contribution in [2.75, 3.05) is 0 Å². The summed E-state index contributed by atoms with van der Waals surface area (Å²) in [6.07, 6.45) is 0. The molecule has 0 aromatic heterocycles. The Labute approximate surface area is 157 Å². The lowest BCUT2D eigenvalue weighted by molar-refractivity contribution is 0.831. The van der Waals surface area contributed by atoms with Crippen LogP contribution < -0.4 is 0 Å². The normalized spacial score (nSPS) is 14.0. The molecule has 0 nitrogen and oxygen atoms in total. The molecule has 0 amide bonds. The lowest BCUT2D eigenvalue weighted by Crippen LogP contribution is -2.45. The minimum Gasteiger partial charge on any atom is -0.0926 e. The van der Waals surface area contributed by atoms with Gasteiger partial charge in [0.2, 0.25) is 0 Å². The first kappa shape index (κ1) is 19.6. The second-order valence-corrected chi connectivity index (χ2v) is 14.5. The van der Waals surface area contributed by atoms with Crippen LogP contribution in [0.4, 0.5) is 0 Å². The SMILES string of the molecule is CC(C)[Si](/C(Cl)=C(/Cl)c1cccc2ccccc12)(C(C)C)C(C)C. The Balaban J connectivity index is 2.76. The van der Waals surface area contributed by atoms with Crippen molar-refractivity contribution in [3.63, 3.8) is 0 Å². The van der Waals surface area contributed by atoms with Gasteiger partial charge in [-0.05, 0) is 27.4 Å². The zero-order valence-electron chi connectivity index (χ0n) is 15.5. The molecule has 0 spiro atoms. The summed E-state index contributed by atoms with van der Waals surface area (Å²) in [5.74, 6) is 0. The first-order valence-corrected chi connectivity index (χ1v) is 11.8. The van der Waals surface area contributed by atoms with Crippen molar-refractivity contribution in [1.82, 2.24) is 0 Å². The van der Waals surface area contributed by atoms with E-state index >= 15 is 0 Å². The maximum Gasteiger partial charge on any atom is 0.111 e. The molecule has 24 heavy (non-hydrogen) atoms. The maximum absolute atomic E-state index is 7.08. The van der Waals surface area contributed by atoms with Gasteiger partial charge in [0.15, 0.2) is 0 Å². The third-order valence-corrected chi connectivity index (χ3v) is 14.0. The van der Waals surface area contributed by atoms with E-state index in [2.05, 4.69) is 84.0 Å². The minimum atomic E-state index is -1.95. The molecule has 0 atom stereocenters. The summed E-state index contributed by atoms with van der Waals surface area (Å²) in [6, 6.07) is 14.6. The van der Waals surface area contributed by atoms with Gasteiger partial charge in [-0.15, -0.1) is 0 Å². The zero-order chi connectivity index (χ0) is 18.1. The average molecular weight is 379 g/mol. The van der Waals surface area contributed by atoms with Crippen molar-refractivity contribution >= 4 is 47.1 Å². The third kappa shape index (κ3) is 3.19. The summed E-state index contributed by atoms with van der Waals surface area (Å²) in [7, 11) is -1.95. The molecular weight excluding hydrogens is 351 g/mol. The Hall–Kier alpha value is -0.763. The van der Waals surface area contributed by atoms with Gasteiger partial charge in [0.25, 0.3) is 0 Å². The fraction of sp³-hybridized carbons (Fsp3) is 0.429. The monoisotopic (exact) mass is 378 g/mol. The van der Waals surface area contributed by atoms with Gasteiger partial charge in [0.1, 0.15) is 8.07 Å². The van der Waals surface area contributed by atoms with E-state index in [1.165, 1.54) is 10.8 Å². The topological polar surface area (TPSA) is 0 Å². The zero-order valence-corrected chi connectivity index (χ0v) is 18.0. The van der Waals surface area contributed by atoms with Gasteiger partial charge in [0.05, 0.1) is 5.03 Å². The van der Waals surface area contributed by atoms with Crippen molar-refractivity contribution in [2.24, 2.45) is 0 Å². The van der Waals surface area contributed by atoms with Gasteiger partial charge in [-0.3, -0.25) is 0 Å². The molecule has 2 aromatic rings. The van der Waals surface area contributed by atoms with Crippen molar-refractivity contribution < 1.29 is 0 Å². The summed E-state index contributed by atoms with van der Waals surface area (Å²) in [4.78, 5) is 0. The average Bonchev–Trinajstić information content (AvgIpc) is 2.53. The number of rotatable bonds is 5. The Morgan fingerprint density at radius 2 is 1.25 bits per heavy atom. The van der Waals surface area contributed by atoms with E-state index in [1.807, 2.05) is 0 Å². The molecule has 0 saturated heterocycles. The third-order valence-electron chi connectivity index (χ3n) is 5.47. The van der Waals surface area contributed by atoms with E-state index in [1.54, 1.807) is 0 Å². The first-order chi connectivity index (χ1) is 11.2. The van der Waals surface area contributed by atoms with Crippen molar-refractivity contribution in [1.29, 1.82) is 0 Å². The van der Waals surface area contributed by atoms with E-state index in [4.69, 9.17) is 23.2 Å².